The molecule has 25 heavy (non-hydrogen) atoms. The summed E-state index contributed by atoms with van der Waals surface area (Å²) in [7, 11) is 0. The van der Waals surface area contributed by atoms with E-state index in [9.17, 15) is 9.90 Å². The molecule has 5 nitrogen and oxygen atoms in total. The summed E-state index contributed by atoms with van der Waals surface area (Å²) in [4.78, 5) is 16.8. The molecular weight excluding hydrogens is 316 g/mol. The minimum Gasteiger partial charge on any atom is -0.388 e. The largest absolute Gasteiger partial charge is 0.388 e. The Bertz CT molecular complexity index is 567. The number of carbonyl (C=O) groups is 1. The van der Waals surface area contributed by atoms with Gasteiger partial charge in [0.15, 0.2) is 0 Å². The fraction of sp³-hybridized carbons (Fsp3) is 0.650. The van der Waals surface area contributed by atoms with E-state index in [-0.39, 0.29) is 18.1 Å². The fourth-order valence-corrected chi connectivity index (χ4v) is 3.72. The molecule has 3 rings (SSSR count). The summed E-state index contributed by atoms with van der Waals surface area (Å²) in [5.74, 6) is -0.0292. The zero-order valence-electron chi connectivity index (χ0n) is 15.4. The number of benzene rings is 1. The molecule has 2 aliphatic rings. The quantitative estimate of drug-likeness (QED) is 0.889. The molecule has 2 heterocycles. The molecule has 0 radical (unpaired) electrons. The van der Waals surface area contributed by atoms with Crippen LogP contribution in [0.4, 0.5) is 0 Å². The number of aliphatic hydroxyl groups is 1. The molecule has 0 bridgehead atoms. The summed E-state index contributed by atoms with van der Waals surface area (Å²) >= 11 is 0. The Morgan fingerprint density at radius 2 is 1.84 bits per heavy atom. The van der Waals surface area contributed by atoms with E-state index in [0.29, 0.717) is 18.7 Å². The Labute approximate surface area is 150 Å². The second kappa shape index (κ2) is 8.30. The topological polar surface area (TPSA) is 53.0 Å². The molecule has 1 amide bonds. The number of amides is 1. The number of piperidine rings is 1. The van der Waals surface area contributed by atoms with E-state index in [2.05, 4.69) is 17.0 Å². The maximum atomic E-state index is 12.7. The standard InChI is InChI=1S/C20H30N2O3/c1-15(2)25-19-14-22(13-18(19)23)20(24)17-8-6-16(7-9-17)12-21-10-4-3-5-11-21/h6-9,15,18-19,23H,3-5,10-14H2,1-2H3/t18-,19-/m0/s1. The molecule has 2 aliphatic heterocycles. The third-order valence-electron chi connectivity index (χ3n) is 5.03. The first-order chi connectivity index (χ1) is 12.0. The molecule has 0 saturated carbocycles. The Balaban J connectivity index is 1.57. The summed E-state index contributed by atoms with van der Waals surface area (Å²) in [5, 5.41) is 10.1. The van der Waals surface area contributed by atoms with Gasteiger partial charge in [-0.3, -0.25) is 9.69 Å². The lowest BCUT2D eigenvalue weighted by atomic mass is 10.1. The highest BCUT2D eigenvalue weighted by Crippen LogP contribution is 2.19. The van der Waals surface area contributed by atoms with Gasteiger partial charge < -0.3 is 14.7 Å². The third-order valence-corrected chi connectivity index (χ3v) is 5.03. The number of hydrogen-bond acceptors (Lipinski definition) is 4. The first kappa shape index (κ1) is 18.4. The molecule has 1 N–H and O–H groups in total. The molecule has 2 fully saturated rings. The monoisotopic (exact) mass is 346 g/mol. The van der Waals surface area contributed by atoms with Gasteiger partial charge in [-0.1, -0.05) is 18.6 Å². The molecule has 2 saturated heterocycles. The normalized spacial score (nSPS) is 24.9. The number of nitrogens with zero attached hydrogens (tertiary/aromatic N) is 2. The van der Waals surface area contributed by atoms with E-state index in [0.717, 1.165) is 6.54 Å². The Morgan fingerprint density at radius 3 is 2.48 bits per heavy atom. The van der Waals surface area contributed by atoms with Gasteiger partial charge in [0, 0.05) is 25.2 Å². The lowest BCUT2D eigenvalue weighted by Crippen LogP contribution is -2.31. The minimum absolute atomic E-state index is 0.0292. The van der Waals surface area contributed by atoms with Gasteiger partial charge in [-0.2, -0.15) is 0 Å². The van der Waals surface area contributed by atoms with Crippen LogP contribution in [0.2, 0.25) is 0 Å². The Kier molecular flexibility index (Phi) is 6.10. The zero-order chi connectivity index (χ0) is 17.8. The number of ether oxygens (including phenoxy) is 1. The second-order valence-corrected chi connectivity index (χ2v) is 7.53. The number of carbonyl (C=O) groups excluding carboxylic acids is 1. The molecular formula is C20H30N2O3. The van der Waals surface area contributed by atoms with Crippen LogP contribution in [-0.4, -0.2) is 65.3 Å². The van der Waals surface area contributed by atoms with Gasteiger partial charge in [0.1, 0.15) is 6.10 Å². The maximum Gasteiger partial charge on any atom is 0.254 e. The highest BCUT2D eigenvalue weighted by atomic mass is 16.5. The van der Waals surface area contributed by atoms with E-state index in [4.69, 9.17) is 4.74 Å². The van der Waals surface area contributed by atoms with Crippen molar-refractivity contribution < 1.29 is 14.6 Å². The van der Waals surface area contributed by atoms with Crippen LogP contribution in [0, 0.1) is 0 Å². The summed E-state index contributed by atoms with van der Waals surface area (Å²) in [5.41, 5.74) is 1.93. The average molecular weight is 346 g/mol. The first-order valence-corrected chi connectivity index (χ1v) is 9.47. The van der Waals surface area contributed by atoms with Crippen LogP contribution in [0.15, 0.2) is 24.3 Å². The minimum atomic E-state index is -0.607. The van der Waals surface area contributed by atoms with Crippen molar-refractivity contribution >= 4 is 5.91 Å². The smallest absolute Gasteiger partial charge is 0.254 e. The average Bonchev–Trinajstić information content (AvgIpc) is 2.96. The van der Waals surface area contributed by atoms with Crippen LogP contribution in [0.3, 0.4) is 0 Å². The van der Waals surface area contributed by atoms with Crippen molar-refractivity contribution in [3.05, 3.63) is 35.4 Å². The van der Waals surface area contributed by atoms with Crippen molar-refractivity contribution in [3.63, 3.8) is 0 Å². The van der Waals surface area contributed by atoms with E-state index >= 15 is 0 Å². The van der Waals surface area contributed by atoms with Crippen molar-refractivity contribution in [2.45, 2.75) is 58.0 Å². The van der Waals surface area contributed by atoms with Crippen LogP contribution >= 0.6 is 0 Å². The van der Waals surface area contributed by atoms with Crippen LogP contribution in [0.1, 0.15) is 49.0 Å². The lowest BCUT2D eigenvalue weighted by molar-refractivity contribution is -0.0394. The van der Waals surface area contributed by atoms with Crippen molar-refractivity contribution in [2.24, 2.45) is 0 Å². The van der Waals surface area contributed by atoms with Gasteiger partial charge in [-0.25, -0.2) is 0 Å². The molecule has 2 atom stereocenters. The van der Waals surface area contributed by atoms with Crippen LogP contribution in [-0.2, 0) is 11.3 Å². The van der Waals surface area contributed by atoms with Gasteiger partial charge in [0.25, 0.3) is 5.91 Å². The predicted octanol–water partition coefficient (Wildman–Crippen LogP) is 2.28. The van der Waals surface area contributed by atoms with Gasteiger partial charge >= 0.3 is 0 Å². The highest BCUT2D eigenvalue weighted by Gasteiger charge is 2.35. The van der Waals surface area contributed by atoms with Crippen LogP contribution in [0.5, 0.6) is 0 Å². The number of β-amino-alcohol motifs (C(OH)–C–C–N with tert-alkyl or cyclic N) is 1. The number of rotatable bonds is 5. The van der Waals surface area contributed by atoms with Crippen LogP contribution < -0.4 is 0 Å². The van der Waals surface area contributed by atoms with E-state index < -0.39 is 6.10 Å². The number of likely N-dealkylation sites (tertiary alicyclic amines) is 2. The molecule has 138 valence electrons. The van der Waals surface area contributed by atoms with E-state index in [1.165, 1.54) is 37.9 Å². The van der Waals surface area contributed by atoms with Gasteiger partial charge in [0.2, 0.25) is 0 Å². The molecule has 0 spiro atoms. The van der Waals surface area contributed by atoms with Crippen LogP contribution in [0.25, 0.3) is 0 Å². The summed E-state index contributed by atoms with van der Waals surface area (Å²) in [6, 6.07) is 7.92. The summed E-state index contributed by atoms with van der Waals surface area (Å²) < 4.78 is 5.69. The van der Waals surface area contributed by atoms with E-state index in [1.807, 2.05) is 26.0 Å². The highest BCUT2D eigenvalue weighted by molar-refractivity contribution is 5.94. The van der Waals surface area contributed by atoms with Gasteiger partial charge in [-0.05, 0) is 57.5 Å². The van der Waals surface area contributed by atoms with Crippen molar-refractivity contribution in [3.8, 4) is 0 Å². The zero-order valence-corrected chi connectivity index (χ0v) is 15.4. The molecule has 5 heteroatoms. The first-order valence-electron chi connectivity index (χ1n) is 9.47. The third kappa shape index (κ3) is 4.81. The summed E-state index contributed by atoms with van der Waals surface area (Å²) in [6.07, 6.45) is 3.06. The number of hydrogen-bond donors (Lipinski definition) is 1. The maximum absolute atomic E-state index is 12.7. The summed E-state index contributed by atoms with van der Waals surface area (Å²) in [6.45, 7) is 7.98. The molecule has 0 aliphatic carbocycles. The second-order valence-electron chi connectivity index (χ2n) is 7.53. The molecule has 1 aromatic carbocycles. The predicted molar refractivity (Wildman–Crippen MR) is 97.5 cm³/mol. The molecule has 0 aromatic heterocycles. The molecule has 1 aromatic rings. The van der Waals surface area contributed by atoms with Crippen molar-refractivity contribution in [1.29, 1.82) is 0 Å². The molecule has 0 unspecified atom stereocenters. The number of aliphatic hydroxyl groups excluding tert-OH is 1. The lowest BCUT2D eigenvalue weighted by Gasteiger charge is -2.26. The van der Waals surface area contributed by atoms with Gasteiger partial charge in [0.05, 0.1) is 12.2 Å². The van der Waals surface area contributed by atoms with Crippen molar-refractivity contribution in [1.82, 2.24) is 9.80 Å². The SMILES string of the molecule is CC(C)O[C@H]1CN(C(=O)c2ccc(CN3CCCCC3)cc2)C[C@@H]1O. The van der Waals surface area contributed by atoms with Crippen molar-refractivity contribution in [2.75, 3.05) is 26.2 Å². The Morgan fingerprint density at radius 1 is 1.16 bits per heavy atom. The van der Waals surface area contributed by atoms with E-state index in [1.54, 1.807) is 4.90 Å². The fourth-order valence-electron chi connectivity index (χ4n) is 3.72. The Hall–Kier alpha value is -1.43. The van der Waals surface area contributed by atoms with Gasteiger partial charge in [-0.15, -0.1) is 0 Å².